The lowest BCUT2D eigenvalue weighted by atomic mass is 9.89. The molecule has 2 atom stereocenters. The second-order valence-electron chi connectivity index (χ2n) is 6.67. The highest BCUT2D eigenvalue weighted by Crippen LogP contribution is 2.23. The highest BCUT2D eigenvalue weighted by molar-refractivity contribution is 5.80. The topological polar surface area (TPSA) is 45.7 Å². The van der Waals surface area contributed by atoms with E-state index in [9.17, 15) is 4.79 Å². The van der Waals surface area contributed by atoms with Gasteiger partial charge >= 0.3 is 0 Å². The third-order valence-electron chi connectivity index (χ3n) is 4.32. The van der Waals surface area contributed by atoms with Gasteiger partial charge in [-0.1, -0.05) is 12.1 Å². The second-order valence-corrected chi connectivity index (χ2v) is 6.67. The minimum absolute atomic E-state index is 0.0570. The highest BCUT2D eigenvalue weighted by atomic mass is 16.2. The molecular weight excluding hydrogens is 260 g/mol. The SMILES string of the molecule is CC(C)NC(=O)[C@H](C)[NH2+][C@@H](C)c1ccc2c(c1)CCCC2. The standard InChI is InChI=1S/C18H28N2O/c1-12(2)19-18(21)14(4)20-13(3)16-10-9-15-7-5-6-8-17(15)11-16/h9-14,20H,5-8H2,1-4H3,(H,19,21)/p+1/t13-,14-/m0/s1. The zero-order valence-electron chi connectivity index (χ0n) is 13.8. The second kappa shape index (κ2) is 7.08. The average molecular weight is 289 g/mol. The van der Waals surface area contributed by atoms with E-state index in [0.717, 1.165) is 0 Å². The van der Waals surface area contributed by atoms with Gasteiger partial charge in [0.15, 0.2) is 6.04 Å². The van der Waals surface area contributed by atoms with Crippen molar-refractivity contribution < 1.29 is 10.1 Å². The summed E-state index contributed by atoms with van der Waals surface area (Å²) in [7, 11) is 0. The van der Waals surface area contributed by atoms with Crippen LogP contribution in [0.1, 0.15) is 63.3 Å². The van der Waals surface area contributed by atoms with Gasteiger partial charge < -0.3 is 10.6 Å². The van der Waals surface area contributed by atoms with Crippen LogP contribution in [0, 0.1) is 0 Å². The van der Waals surface area contributed by atoms with Crippen LogP contribution in [0.25, 0.3) is 0 Å². The molecule has 1 aliphatic carbocycles. The fourth-order valence-corrected chi connectivity index (χ4v) is 3.08. The fourth-order valence-electron chi connectivity index (χ4n) is 3.08. The quantitative estimate of drug-likeness (QED) is 0.857. The Balaban J connectivity index is 1.99. The van der Waals surface area contributed by atoms with Gasteiger partial charge in [-0.15, -0.1) is 0 Å². The molecule has 0 spiro atoms. The molecule has 0 heterocycles. The van der Waals surface area contributed by atoms with Gasteiger partial charge in [-0.3, -0.25) is 4.79 Å². The third kappa shape index (κ3) is 4.31. The third-order valence-corrected chi connectivity index (χ3v) is 4.32. The molecule has 1 aromatic carbocycles. The molecule has 1 amide bonds. The van der Waals surface area contributed by atoms with Crippen LogP contribution in [0.15, 0.2) is 18.2 Å². The summed E-state index contributed by atoms with van der Waals surface area (Å²) in [4.78, 5) is 12.0. The van der Waals surface area contributed by atoms with E-state index >= 15 is 0 Å². The molecule has 21 heavy (non-hydrogen) atoms. The average Bonchev–Trinajstić information content (AvgIpc) is 2.45. The van der Waals surface area contributed by atoms with Crippen molar-refractivity contribution in [2.24, 2.45) is 0 Å². The van der Waals surface area contributed by atoms with Crippen molar-refractivity contribution in [3.63, 3.8) is 0 Å². The molecule has 3 N–H and O–H groups in total. The largest absolute Gasteiger partial charge is 0.349 e. The molecule has 0 aliphatic heterocycles. The Kier molecular flexibility index (Phi) is 5.40. The predicted molar refractivity (Wildman–Crippen MR) is 86.2 cm³/mol. The summed E-state index contributed by atoms with van der Waals surface area (Å²) in [5, 5.41) is 5.13. The summed E-state index contributed by atoms with van der Waals surface area (Å²) in [6.45, 7) is 8.16. The summed E-state index contributed by atoms with van der Waals surface area (Å²) >= 11 is 0. The van der Waals surface area contributed by atoms with E-state index in [0.29, 0.717) is 6.04 Å². The Morgan fingerprint density at radius 1 is 1.10 bits per heavy atom. The number of hydrogen-bond acceptors (Lipinski definition) is 1. The molecule has 116 valence electrons. The molecule has 1 aromatic rings. The van der Waals surface area contributed by atoms with E-state index in [4.69, 9.17) is 0 Å². The van der Waals surface area contributed by atoms with Crippen molar-refractivity contribution in [2.75, 3.05) is 0 Å². The molecule has 0 saturated heterocycles. The van der Waals surface area contributed by atoms with E-state index in [-0.39, 0.29) is 18.0 Å². The maximum atomic E-state index is 12.0. The molecular formula is C18H29N2O+. The number of nitrogens with one attached hydrogen (secondary N) is 1. The minimum Gasteiger partial charge on any atom is -0.349 e. The van der Waals surface area contributed by atoms with E-state index in [2.05, 4.69) is 35.8 Å². The summed E-state index contributed by atoms with van der Waals surface area (Å²) in [6.07, 6.45) is 5.06. The van der Waals surface area contributed by atoms with Crippen molar-refractivity contribution in [1.29, 1.82) is 0 Å². The molecule has 0 saturated carbocycles. The number of carbonyl (C=O) groups is 1. The first-order valence-corrected chi connectivity index (χ1v) is 8.24. The smallest absolute Gasteiger partial charge is 0.278 e. The number of quaternary nitrogens is 1. The maximum Gasteiger partial charge on any atom is 0.278 e. The minimum atomic E-state index is -0.0570. The number of carbonyl (C=O) groups excluding carboxylic acids is 1. The van der Waals surface area contributed by atoms with Crippen LogP contribution < -0.4 is 10.6 Å². The lowest BCUT2D eigenvalue weighted by Crippen LogP contribution is -2.92. The Bertz CT molecular complexity index is 496. The summed E-state index contributed by atoms with van der Waals surface area (Å²) in [6, 6.07) is 7.32. The number of nitrogens with two attached hydrogens (primary N) is 1. The Hall–Kier alpha value is -1.35. The van der Waals surface area contributed by atoms with Crippen LogP contribution in [0.4, 0.5) is 0 Å². The van der Waals surface area contributed by atoms with E-state index in [1.54, 1.807) is 0 Å². The number of hydrogen-bond donors (Lipinski definition) is 2. The lowest BCUT2D eigenvalue weighted by molar-refractivity contribution is -0.710. The van der Waals surface area contributed by atoms with Crippen molar-refractivity contribution in [3.05, 3.63) is 34.9 Å². The number of amides is 1. The van der Waals surface area contributed by atoms with E-state index in [1.807, 2.05) is 20.8 Å². The molecule has 2 rings (SSSR count). The molecule has 0 bridgehead atoms. The molecule has 0 radical (unpaired) electrons. The first kappa shape index (κ1) is 16.0. The Morgan fingerprint density at radius 2 is 1.76 bits per heavy atom. The first-order chi connectivity index (χ1) is 9.97. The van der Waals surface area contributed by atoms with Crippen molar-refractivity contribution in [3.8, 4) is 0 Å². The van der Waals surface area contributed by atoms with Gasteiger partial charge in [0.1, 0.15) is 6.04 Å². The Labute approximate surface area is 128 Å². The van der Waals surface area contributed by atoms with Crippen LogP contribution in [-0.4, -0.2) is 18.0 Å². The van der Waals surface area contributed by atoms with E-state index in [1.165, 1.54) is 42.4 Å². The number of rotatable bonds is 5. The van der Waals surface area contributed by atoms with E-state index < -0.39 is 0 Å². The van der Waals surface area contributed by atoms with Gasteiger partial charge in [-0.05, 0) is 70.6 Å². The molecule has 0 aromatic heterocycles. The van der Waals surface area contributed by atoms with Crippen molar-refractivity contribution in [2.45, 2.75) is 71.5 Å². The number of benzene rings is 1. The van der Waals surface area contributed by atoms with Gasteiger partial charge in [0.2, 0.25) is 0 Å². The van der Waals surface area contributed by atoms with Crippen molar-refractivity contribution in [1.82, 2.24) is 5.32 Å². The van der Waals surface area contributed by atoms with Gasteiger partial charge in [0.25, 0.3) is 5.91 Å². The normalized spacial score (nSPS) is 17.2. The molecule has 1 aliphatic rings. The zero-order chi connectivity index (χ0) is 15.4. The molecule has 3 heteroatoms. The monoisotopic (exact) mass is 289 g/mol. The molecule has 0 fully saturated rings. The highest BCUT2D eigenvalue weighted by Gasteiger charge is 2.21. The van der Waals surface area contributed by atoms with Crippen LogP contribution in [0.5, 0.6) is 0 Å². The van der Waals surface area contributed by atoms with Crippen LogP contribution in [0.3, 0.4) is 0 Å². The molecule has 0 unspecified atom stereocenters. The Morgan fingerprint density at radius 3 is 2.43 bits per heavy atom. The van der Waals surface area contributed by atoms with Crippen LogP contribution in [-0.2, 0) is 17.6 Å². The van der Waals surface area contributed by atoms with Crippen LogP contribution >= 0.6 is 0 Å². The fraction of sp³-hybridized carbons (Fsp3) is 0.611. The van der Waals surface area contributed by atoms with Crippen molar-refractivity contribution >= 4 is 5.91 Å². The summed E-state index contributed by atoms with van der Waals surface area (Å²) in [5.41, 5.74) is 4.36. The van der Waals surface area contributed by atoms with Gasteiger partial charge in [-0.2, -0.15) is 0 Å². The van der Waals surface area contributed by atoms with Gasteiger partial charge in [0, 0.05) is 11.6 Å². The summed E-state index contributed by atoms with van der Waals surface area (Å²) in [5.74, 6) is 0.120. The predicted octanol–water partition coefficient (Wildman–Crippen LogP) is 2.10. The first-order valence-electron chi connectivity index (χ1n) is 8.24. The van der Waals surface area contributed by atoms with Gasteiger partial charge in [0.05, 0.1) is 0 Å². The lowest BCUT2D eigenvalue weighted by Gasteiger charge is -2.21. The van der Waals surface area contributed by atoms with Crippen LogP contribution in [0.2, 0.25) is 0 Å². The summed E-state index contributed by atoms with van der Waals surface area (Å²) < 4.78 is 0. The maximum absolute atomic E-state index is 12.0. The zero-order valence-corrected chi connectivity index (χ0v) is 13.8. The number of aryl methyl sites for hydroxylation is 2. The van der Waals surface area contributed by atoms with Gasteiger partial charge in [-0.25, -0.2) is 0 Å². The molecule has 3 nitrogen and oxygen atoms in total. The number of fused-ring (bicyclic) bond motifs is 1.